The summed E-state index contributed by atoms with van der Waals surface area (Å²) < 4.78 is 7.04. The van der Waals surface area contributed by atoms with Gasteiger partial charge in [0.25, 0.3) is 5.91 Å². The van der Waals surface area contributed by atoms with E-state index in [4.69, 9.17) is 4.52 Å². The van der Waals surface area contributed by atoms with Gasteiger partial charge in [0.2, 0.25) is 5.65 Å². The van der Waals surface area contributed by atoms with Gasteiger partial charge in [-0.3, -0.25) is 4.79 Å². The summed E-state index contributed by atoms with van der Waals surface area (Å²) in [6, 6.07) is 4.09. The highest BCUT2D eigenvalue weighted by Crippen LogP contribution is 2.26. The first-order chi connectivity index (χ1) is 11.6. The molecular formula is C16H18N6O2. The third-order valence-electron chi connectivity index (χ3n) is 4.59. The summed E-state index contributed by atoms with van der Waals surface area (Å²) in [7, 11) is 0. The summed E-state index contributed by atoms with van der Waals surface area (Å²) in [6.07, 6.45) is 3.39. The van der Waals surface area contributed by atoms with Gasteiger partial charge < -0.3 is 9.42 Å². The van der Waals surface area contributed by atoms with Crippen LogP contribution in [0.5, 0.6) is 0 Å². The lowest BCUT2D eigenvalue weighted by atomic mass is 10.0. The lowest BCUT2D eigenvalue weighted by Gasteiger charge is -2.32. The third kappa shape index (κ3) is 2.34. The minimum Gasteiger partial charge on any atom is -0.361 e. The second-order valence-corrected chi connectivity index (χ2v) is 6.10. The van der Waals surface area contributed by atoms with Crippen molar-refractivity contribution in [3.63, 3.8) is 0 Å². The molecule has 0 atom stereocenters. The molecule has 1 aliphatic heterocycles. The number of piperidine rings is 1. The molecule has 8 heteroatoms. The van der Waals surface area contributed by atoms with E-state index >= 15 is 0 Å². The van der Waals surface area contributed by atoms with E-state index in [9.17, 15) is 4.79 Å². The van der Waals surface area contributed by atoms with Crippen LogP contribution in [-0.2, 0) is 0 Å². The maximum absolute atomic E-state index is 12.7. The van der Waals surface area contributed by atoms with E-state index in [0.717, 1.165) is 18.4 Å². The van der Waals surface area contributed by atoms with Crippen molar-refractivity contribution in [2.24, 2.45) is 0 Å². The highest BCUT2D eigenvalue weighted by Gasteiger charge is 2.29. The van der Waals surface area contributed by atoms with Crippen LogP contribution in [0.3, 0.4) is 0 Å². The van der Waals surface area contributed by atoms with Crippen molar-refractivity contribution < 1.29 is 9.32 Å². The number of hydrogen-bond donors (Lipinski definition) is 0. The van der Waals surface area contributed by atoms with Crippen molar-refractivity contribution in [3.05, 3.63) is 35.3 Å². The molecule has 3 aromatic rings. The van der Waals surface area contributed by atoms with E-state index in [1.54, 1.807) is 20.0 Å². The average Bonchev–Trinajstić information content (AvgIpc) is 3.18. The number of fused-ring (bicyclic) bond motifs is 1. The highest BCUT2D eigenvalue weighted by molar-refractivity contribution is 5.96. The Morgan fingerprint density at radius 3 is 2.79 bits per heavy atom. The summed E-state index contributed by atoms with van der Waals surface area (Å²) >= 11 is 0. The number of aromatic nitrogens is 5. The zero-order valence-corrected chi connectivity index (χ0v) is 13.6. The van der Waals surface area contributed by atoms with Gasteiger partial charge in [0.05, 0.1) is 11.7 Å². The summed E-state index contributed by atoms with van der Waals surface area (Å²) in [5, 5.41) is 12.2. The predicted molar refractivity (Wildman–Crippen MR) is 85.5 cm³/mol. The molecule has 0 aromatic carbocycles. The Balaban J connectivity index is 1.50. The Kier molecular flexibility index (Phi) is 3.51. The topological polar surface area (TPSA) is 89.9 Å². The number of aryl methyl sites for hydroxylation is 2. The fourth-order valence-corrected chi connectivity index (χ4v) is 3.31. The molecule has 0 spiro atoms. The predicted octanol–water partition coefficient (Wildman–Crippen LogP) is 1.91. The van der Waals surface area contributed by atoms with Crippen LogP contribution in [0, 0.1) is 13.8 Å². The molecule has 1 fully saturated rings. The molecule has 8 nitrogen and oxygen atoms in total. The molecule has 0 bridgehead atoms. The largest absolute Gasteiger partial charge is 0.361 e. The van der Waals surface area contributed by atoms with Crippen LogP contribution >= 0.6 is 0 Å². The first-order valence-corrected chi connectivity index (χ1v) is 8.03. The van der Waals surface area contributed by atoms with E-state index in [2.05, 4.69) is 20.5 Å². The van der Waals surface area contributed by atoms with Crippen LogP contribution in [0.15, 0.2) is 22.9 Å². The second-order valence-electron chi connectivity index (χ2n) is 6.10. The normalized spacial score (nSPS) is 16.0. The molecule has 124 valence electrons. The van der Waals surface area contributed by atoms with E-state index in [-0.39, 0.29) is 11.9 Å². The zero-order chi connectivity index (χ0) is 16.7. The van der Waals surface area contributed by atoms with Crippen LogP contribution in [0.1, 0.15) is 40.7 Å². The SMILES string of the molecule is Cc1noc(C)c1C(=O)N1CCC(n2nnc3ncccc32)CC1. The van der Waals surface area contributed by atoms with Crippen LogP contribution in [0.25, 0.3) is 11.2 Å². The number of rotatable bonds is 2. The van der Waals surface area contributed by atoms with E-state index in [1.165, 1.54) is 0 Å². The standard InChI is InChI=1S/C16H18N6O2/c1-10-14(11(2)24-19-10)16(23)21-8-5-12(6-9-21)22-13-4-3-7-17-15(13)18-20-22/h3-4,7,12H,5-6,8-9H2,1-2H3. The van der Waals surface area contributed by atoms with Crippen molar-refractivity contribution in [3.8, 4) is 0 Å². The van der Waals surface area contributed by atoms with Crippen molar-refractivity contribution in [2.75, 3.05) is 13.1 Å². The van der Waals surface area contributed by atoms with Gasteiger partial charge in [-0.15, -0.1) is 5.10 Å². The number of hydrogen-bond acceptors (Lipinski definition) is 6. The molecule has 1 saturated heterocycles. The molecule has 0 unspecified atom stereocenters. The summed E-state index contributed by atoms with van der Waals surface area (Å²) in [5.74, 6) is 0.572. The monoisotopic (exact) mass is 326 g/mol. The smallest absolute Gasteiger partial charge is 0.259 e. The van der Waals surface area contributed by atoms with E-state index < -0.39 is 0 Å². The Hall–Kier alpha value is -2.77. The zero-order valence-electron chi connectivity index (χ0n) is 13.6. The maximum atomic E-state index is 12.7. The molecule has 1 amide bonds. The lowest BCUT2D eigenvalue weighted by molar-refractivity contribution is 0.0688. The van der Waals surface area contributed by atoms with Crippen LogP contribution in [0.4, 0.5) is 0 Å². The molecule has 0 saturated carbocycles. The van der Waals surface area contributed by atoms with Crippen molar-refractivity contribution >= 4 is 17.1 Å². The second kappa shape index (κ2) is 5.70. The molecule has 3 aromatic heterocycles. The van der Waals surface area contributed by atoms with Crippen molar-refractivity contribution in [1.29, 1.82) is 0 Å². The Labute approximate surface area is 138 Å². The quantitative estimate of drug-likeness (QED) is 0.714. The van der Waals surface area contributed by atoms with Crippen LogP contribution in [-0.4, -0.2) is 49.0 Å². The van der Waals surface area contributed by atoms with Gasteiger partial charge in [0.15, 0.2) is 0 Å². The number of carbonyl (C=O) groups is 1. The van der Waals surface area contributed by atoms with Gasteiger partial charge in [0, 0.05) is 19.3 Å². The average molecular weight is 326 g/mol. The van der Waals surface area contributed by atoms with Gasteiger partial charge in [0.1, 0.15) is 16.8 Å². The fraction of sp³-hybridized carbons (Fsp3) is 0.438. The Bertz CT molecular complexity index is 871. The number of carbonyl (C=O) groups excluding carboxylic acids is 1. The molecule has 0 aliphatic carbocycles. The first kappa shape index (κ1) is 14.8. The number of nitrogens with zero attached hydrogens (tertiary/aromatic N) is 6. The number of pyridine rings is 1. The van der Waals surface area contributed by atoms with Crippen molar-refractivity contribution in [1.82, 2.24) is 30.0 Å². The Morgan fingerprint density at radius 2 is 2.08 bits per heavy atom. The van der Waals surface area contributed by atoms with Gasteiger partial charge in [-0.25, -0.2) is 9.67 Å². The summed E-state index contributed by atoms with van der Waals surface area (Å²) in [5.41, 5.74) is 2.83. The molecule has 4 rings (SSSR count). The minimum atomic E-state index is -0.00480. The third-order valence-corrected chi connectivity index (χ3v) is 4.59. The van der Waals surface area contributed by atoms with Crippen molar-refractivity contribution in [2.45, 2.75) is 32.7 Å². The lowest BCUT2D eigenvalue weighted by Crippen LogP contribution is -2.39. The summed E-state index contributed by atoms with van der Waals surface area (Å²) in [4.78, 5) is 18.8. The molecule has 0 radical (unpaired) electrons. The van der Waals surface area contributed by atoms with Gasteiger partial charge >= 0.3 is 0 Å². The molecular weight excluding hydrogens is 308 g/mol. The number of likely N-dealkylation sites (tertiary alicyclic amines) is 1. The van der Waals surface area contributed by atoms with Gasteiger partial charge in [-0.2, -0.15) is 0 Å². The number of amides is 1. The van der Waals surface area contributed by atoms with Gasteiger partial charge in [-0.1, -0.05) is 10.4 Å². The molecule has 24 heavy (non-hydrogen) atoms. The highest BCUT2D eigenvalue weighted by atomic mass is 16.5. The van der Waals surface area contributed by atoms with Crippen LogP contribution in [0.2, 0.25) is 0 Å². The molecule has 4 heterocycles. The molecule has 0 N–H and O–H groups in total. The minimum absolute atomic E-state index is 0.00480. The summed E-state index contributed by atoms with van der Waals surface area (Å²) in [6.45, 7) is 4.92. The molecule has 1 aliphatic rings. The Morgan fingerprint density at radius 1 is 1.29 bits per heavy atom. The first-order valence-electron chi connectivity index (χ1n) is 8.03. The van der Waals surface area contributed by atoms with E-state index in [0.29, 0.717) is 35.8 Å². The maximum Gasteiger partial charge on any atom is 0.259 e. The van der Waals surface area contributed by atoms with Gasteiger partial charge in [-0.05, 0) is 38.8 Å². The van der Waals surface area contributed by atoms with Crippen LogP contribution < -0.4 is 0 Å². The fourth-order valence-electron chi connectivity index (χ4n) is 3.31. The van der Waals surface area contributed by atoms with E-state index in [1.807, 2.05) is 21.7 Å².